The minimum absolute atomic E-state index is 0.0277. The molecule has 2 heterocycles. The van der Waals surface area contributed by atoms with E-state index in [1.54, 1.807) is 23.1 Å². The van der Waals surface area contributed by atoms with Crippen molar-refractivity contribution >= 4 is 29.0 Å². The third-order valence-corrected chi connectivity index (χ3v) is 5.86. The van der Waals surface area contributed by atoms with Crippen molar-refractivity contribution in [3.8, 4) is 0 Å². The number of hydrogen-bond donors (Lipinski definition) is 2. The highest BCUT2D eigenvalue weighted by atomic mass is 32.2. The SMILES string of the molecule is CSCc1nc(CNC(=O)c2cccc(C3CCCNC3)c2)cs1. The first-order chi connectivity index (χ1) is 11.8. The minimum Gasteiger partial charge on any atom is -0.346 e. The van der Waals surface area contributed by atoms with E-state index in [1.807, 2.05) is 23.6 Å². The highest BCUT2D eigenvalue weighted by Gasteiger charge is 2.16. The molecule has 1 saturated heterocycles. The molecule has 0 radical (unpaired) electrons. The predicted octanol–water partition coefficient (Wildman–Crippen LogP) is 3.40. The van der Waals surface area contributed by atoms with Crippen LogP contribution in [0, 0.1) is 0 Å². The molecule has 2 N–H and O–H groups in total. The molecule has 24 heavy (non-hydrogen) atoms. The molecule has 4 nitrogen and oxygen atoms in total. The lowest BCUT2D eigenvalue weighted by Crippen LogP contribution is -2.28. The first-order valence-corrected chi connectivity index (χ1v) is 10.5. The number of rotatable bonds is 6. The topological polar surface area (TPSA) is 54.0 Å². The van der Waals surface area contributed by atoms with Crippen molar-refractivity contribution in [3.63, 3.8) is 0 Å². The summed E-state index contributed by atoms with van der Waals surface area (Å²) < 4.78 is 0. The Morgan fingerprint density at radius 2 is 2.42 bits per heavy atom. The molecular weight excluding hydrogens is 338 g/mol. The van der Waals surface area contributed by atoms with Crippen molar-refractivity contribution in [2.45, 2.75) is 31.1 Å². The van der Waals surface area contributed by atoms with Gasteiger partial charge in [0.2, 0.25) is 0 Å². The Morgan fingerprint density at radius 3 is 3.21 bits per heavy atom. The molecule has 1 aromatic carbocycles. The average Bonchev–Trinajstić information content (AvgIpc) is 3.08. The number of nitrogens with zero attached hydrogens (tertiary/aromatic N) is 1. The summed E-state index contributed by atoms with van der Waals surface area (Å²) in [4.78, 5) is 17.0. The van der Waals surface area contributed by atoms with Gasteiger partial charge in [0.05, 0.1) is 12.2 Å². The Hall–Kier alpha value is -1.37. The summed E-state index contributed by atoms with van der Waals surface area (Å²) in [5.74, 6) is 1.41. The van der Waals surface area contributed by atoms with Gasteiger partial charge in [0.1, 0.15) is 5.01 Å². The van der Waals surface area contributed by atoms with Crippen LogP contribution in [-0.4, -0.2) is 30.2 Å². The summed E-state index contributed by atoms with van der Waals surface area (Å²) in [6, 6.07) is 8.03. The number of amides is 1. The maximum Gasteiger partial charge on any atom is 0.251 e. The van der Waals surface area contributed by atoms with Gasteiger partial charge in [-0.1, -0.05) is 12.1 Å². The van der Waals surface area contributed by atoms with Crippen LogP contribution in [0.5, 0.6) is 0 Å². The number of thioether (sulfide) groups is 1. The second-order valence-corrected chi connectivity index (χ2v) is 7.83. The fraction of sp³-hybridized carbons (Fsp3) is 0.444. The lowest BCUT2D eigenvalue weighted by atomic mass is 9.90. The molecule has 1 aliphatic rings. The largest absolute Gasteiger partial charge is 0.346 e. The standard InChI is InChI=1S/C18H23N3OS2/c1-23-12-17-21-16(11-24-17)10-20-18(22)14-5-2-4-13(8-14)15-6-3-7-19-9-15/h2,4-5,8,11,15,19H,3,6-7,9-10,12H2,1H3,(H,20,22). The van der Waals surface area contributed by atoms with Gasteiger partial charge in [-0.25, -0.2) is 4.98 Å². The van der Waals surface area contributed by atoms with E-state index in [-0.39, 0.29) is 5.91 Å². The third kappa shape index (κ3) is 4.59. The number of nitrogens with one attached hydrogen (secondary N) is 2. The van der Waals surface area contributed by atoms with Gasteiger partial charge in [-0.15, -0.1) is 11.3 Å². The first-order valence-electron chi connectivity index (χ1n) is 8.27. The second-order valence-electron chi connectivity index (χ2n) is 6.02. The Balaban J connectivity index is 1.59. The number of aromatic nitrogens is 1. The molecule has 1 amide bonds. The summed E-state index contributed by atoms with van der Waals surface area (Å²) in [6.07, 6.45) is 4.45. The monoisotopic (exact) mass is 361 g/mol. The van der Waals surface area contributed by atoms with Gasteiger partial charge in [-0.2, -0.15) is 11.8 Å². The van der Waals surface area contributed by atoms with Gasteiger partial charge >= 0.3 is 0 Å². The molecule has 1 aromatic heterocycles. The highest BCUT2D eigenvalue weighted by molar-refractivity contribution is 7.97. The second kappa shape index (κ2) is 8.65. The van der Waals surface area contributed by atoms with E-state index in [0.29, 0.717) is 12.5 Å². The van der Waals surface area contributed by atoms with Gasteiger partial charge < -0.3 is 10.6 Å². The molecule has 1 atom stereocenters. The van der Waals surface area contributed by atoms with Gasteiger partial charge in [0.25, 0.3) is 5.91 Å². The number of piperidine rings is 1. The summed E-state index contributed by atoms with van der Waals surface area (Å²) in [7, 11) is 0. The number of benzene rings is 1. The highest BCUT2D eigenvalue weighted by Crippen LogP contribution is 2.24. The lowest BCUT2D eigenvalue weighted by Gasteiger charge is -2.23. The molecule has 1 fully saturated rings. The molecule has 128 valence electrons. The summed E-state index contributed by atoms with van der Waals surface area (Å²) >= 11 is 3.41. The molecule has 0 bridgehead atoms. The molecule has 0 saturated carbocycles. The average molecular weight is 362 g/mol. The smallest absolute Gasteiger partial charge is 0.251 e. The number of thiazole rings is 1. The van der Waals surface area contributed by atoms with E-state index in [1.165, 1.54) is 18.4 Å². The van der Waals surface area contributed by atoms with Crippen LogP contribution < -0.4 is 10.6 Å². The maximum atomic E-state index is 12.4. The molecule has 0 aliphatic carbocycles. The van der Waals surface area contributed by atoms with Crippen molar-refractivity contribution in [2.24, 2.45) is 0 Å². The Kier molecular flexibility index (Phi) is 6.29. The van der Waals surface area contributed by atoms with Gasteiger partial charge in [-0.05, 0) is 49.3 Å². The summed E-state index contributed by atoms with van der Waals surface area (Å²) in [5, 5.41) is 9.55. The summed E-state index contributed by atoms with van der Waals surface area (Å²) in [5.41, 5.74) is 2.92. The number of hydrogen-bond acceptors (Lipinski definition) is 5. The molecule has 3 rings (SSSR count). The van der Waals surface area contributed by atoms with Crippen LogP contribution in [0.2, 0.25) is 0 Å². The van der Waals surface area contributed by atoms with E-state index >= 15 is 0 Å². The minimum atomic E-state index is -0.0277. The maximum absolute atomic E-state index is 12.4. The van der Waals surface area contributed by atoms with Crippen LogP contribution in [0.4, 0.5) is 0 Å². The lowest BCUT2D eigenvalue weighted by molar-refractivity contribution is 0.0950. The third-order valence-electron chi connectivity index (χ3n) is 4.21. The van der Waals surface area contributed by atoms with Crippen molar-refractivity contribution in [2.75, 3.05) is 19.3 Å². The van der Waals surface area contributed by atoms with Gasteiger partial charge in [0, 0.05) is 23.2 Å². The number of carbonyl (C=O) groups excluding carboxylic acids is 1. The molecule has 2 aromatic rings. The molecule has 1 unspecified atom stereocenters. The fourth-order valence-corrected chi connectivity index (χ4v) is 4.48. The van der Waals surface area contributed by atoms with Crippen LogP contribution in [-0.2, 0) is 12.3 Å². The van der Waals surface area contributed by atoms with Crippen LogP contribution in [0.15, 0.2) is 29.6 Å². The van der Waals surface area contributed by atoms with E-state index in [9.17, 15) is 4.79 Å². The van der Waals surface area contributed by atoms with Gasteiger partial charge in [-0.3, -0.25) is 4.79 Å². The zero-order chi connectivity index (χ0) is 16.8. The van der Waals surface area contributed by atoms with Crippen LogP contribution in [0.3, 0.4) is 0 Å². The zero-order valence-corrected chi connectivity index (χ0v) is 15.5. The molecule has 1 aliphatic heterocycles. The van der Waals surface area contributed by atoms with Crippen molar-refractivity contribution in [1.82, 2.24) is 15.6 Å². The van der Waals surface area contributed by atoms with Crippen molar-refractivity contribution in [1.29, 1.82) is 0 Å². The van der Waals surface area contributed by atoms with Crippen LogP contribution in [0.1, 0.15) is 45.4 Å². The zero-order valence-electron chi connectivity index (χ0n) is 13.9. The quantitative estimate of drug-likeness (QED) is 0.828. The predicted molar refractivity (Wildman–Crippen MR) is 102 cm³/mol. The molecular formula is C18H23N3OS2. The summed E-state index contributed by atoms with van der Waals surface area (Å²) in [6.45, 7) is 2.59. The van der Waals surface area contributed by atoms with E-state index in [0.717, 1.165) is 35.1 Å². The Labute approximate surface area is 151 Å². The van der Waals surface area contributed by atoms with Crippen LogP contribution in [0.25, 0.3) is 0 Å². The van der Waals surface area contributed by atoms with Crippen LogP contribution >= 0.6 is 23.1 Å². The molecule has 0 spiro atoms. The van der Waals surface area contributed by atoms with E-state index in [2.05, 4.69) is 27.9 Å². The fourth-order valence-electron chi connectivity index (χ4n) is 2.96. The normalized spacial score (nSPS) is 17.6. The van der Waals surface area contributed by atoms with Gasteiger partial charge in [0.15, 0.2) is 0 Å². The Morgan fingerprint density at radius 1 is 1.50 bits per heavy atom. The Bertz CT molecular complexity index is 680. The first kappa shape index (κ1) is 17.5. The molecule has 6 heteroatoms. The van der Waals surface area contributed by atoms with E-state index < -0.39 is 0 Å². The number of carbonyl (C=O) groups is 1. The van der Waals surface area contributed by atoms with Crippen molar-refractivity contribution in [3.05, 3.63) is 51.5 Å². The van der Waals surface area contributed by atoms with E-state index in [4.69, 9.17) is 0 Å². The van der Waals surface area contributed by atoms with Crippen molar-refractivity contribution < 1.29 is 4.79 Å².